The van der Waals surface area contributed by atoms with E-state index < -0.39 is 0 Å². The largest absolute Gasteiger partial charge is 0.324 e. The Morgan fingerprint density at radius 2 is 1.93 bits per heavy atom. The maximum absolute atomic E-state index is 6.20. The fourth-order valence-electron chi connectivity index (χ4n) is 1.76. The first-order valence-corrected chi connectivity index (χ1v) is 5.39. The average Bonchev–Trinajstić information content (AvgIpc) is 2.15. The summed E-state index contributed by atoms with van der Waals surface area (Å²) in [6.07, 6.45) is 1.13. The fourth-order valence-corrected chi connectivity index (χ4v) is 1.76. The second-order valence-electron chi connectivity index (χ2n) is 4.27. The number of benzene rings is 1. The van der Waals surface area contributed by atoms with Gasteiger partial charge in [0.1, 0.15) is 0 Å². The zero-order valence-corrected chi connectivity index (χ0v) is 9.67. The summed E-state index contributed by atoms with van der Waals surface area (Å²) in [5.74, 6) is 0.552. The molecule has 0 aliphatic carbocycles. The van der Waals surface area contributed by atoms with Crippen LogP contribution in [-0.4, -0.2) is 0 Å². The highest BCUT2D eigenvalue weighted by Gasteiger charge is 2.14. The molecule has 0 fully saturated rings. The van der Waals surface area contributed by atoms with Gasteiger partial charge in [-0.3, -0.25) is 0 Å². The van der Waals surface area contributed by atoms with Gasteiger partial charge in [-0.2, -0.15) is 0 Å². The van der Waals surface area contributed by atoms with Crippen molar-refractivity contribution < 1.29 is 0 Å². The topological polar surface area (TPSA) is 26.0 Å². The zero-order chi connectivity index (χ0) is 10.7. The molecule has 0 aliphatic heterocycles. The maximum Gasteiger partial charge on any atom is 0.0323 e. The molecule has 0 radical (unpaired) electrons. The standard InChI is InChI=1S/C13H21N/c1-5-10(3)13(14)12-7-6-9(2)8-11(12)4/h6-8,10,13H,5,14H2,1-4H3. The smallest absolute Gasteiger partial charge is 0.0323 e. The highest BCUT2D eigenvalue weighted by atomic mass is 14.6. The van der Waals surface area contributed by atoms with Gasteiger partial charge >= 0.3 is 0 Å². The summed E-state index contributed by atoms with van der Waals surface area (Å²) in [5.41, 5.74) is 10.1. The minimum atomic E-state index is 0.181. The van der Waals surface area contributed by atoms with Gasteiger partial charge < -0.3 is 5.73 Å². The van der Waals surface area contributed by atoms with Crippen LogP contribution >= 0.6 is 0 Å². The van der Waals surface area contributed by atoms with Crippen LogP contribution in [0.3, 0.4) is 0 Å². The molecule has 0 saturated carbocycles. The Balaban J connectivity index is 2.95. The summed E-state index contributed by atoms with van der Waals surface area (Å²) < 4.78 is 0. The summed E-state index contributed by atoms with van der Waals surface area (Å²) in [4.78, 5) is 0. The van der Waals surface area contributed by atoms with Crippen molar-refractivity contribution in [1.29, 1.82) is 0 Å². The molecule has 0 aliphatic rings. The lowest BCUT2D eigenvalue weighted by molar-refractivity contribution is 0.455. The van der Waals surface area contributed by atoms with Crippen LogP contribution in [0, 0.1) is 19.8 Å². The van der Waals surface area contributed by atoms with Crippen LogP contribution < -0.4 is 5.73 Å². The van der Waals surface area contributed by atoms with Gasteiger partial charge in [-0.1, -0.05) is 44.0 Å². The highest BCUT2D eigenvalue weighted by molar-refractivity contribution is 5.32. The summed E-state index contributed by atoms with van der Waals surface area (Å²) in [6.45, 7) is 8.66. The number of rotatable bonds is 3. The molecule has 1 aromatic rings. The van der Waals surface area contributed by atoms with E-state index in [9.17, 15) is 0 Å². The summed E-state index contributed by atoms with van der Waals surface area (Å²) in [7, 11) is 0. The Kier molecular flexibility index (Phi) is 3.70. The van der Waals surface area contributed by atoms with Crippen LogP contribution in [-0.2, 0) is 0 Å². The van der Waals surface area contributed by atoms with Crippen LogP contribution in [0.15, 0.2) is 18.2 Å². The van der Waals surface area contributed by atoms with Crippen molar-refractivity contribution in [1.82, 2.24) is 0 Å². The number of aryl methyl sites for hydroxylation is 2. The molecule has 2 atom stereocenters. The number of nitrogens with two attached hydrogens (primary N) is 1. The normalized spacial score (nSPS) is 15.2. The van der Waals surface area contributed by atoms with E-state index in [2.05, 4.69) is 45.9 Å². The van der Waals surface area contributed by atoms with Gasteiger partial charge in [0.05, 0.1) is 0 Å². The Morgan fingerprint density at radius 3 is 2.43 bits per heavy atom. The molecule has 1 rings (SSSR count). The molecule has 0 saturated heterocycles. The molecule has 1 heteroatoms. The quantitative estimate of drug-likeness (QED) is 0.779. The van der Waals surface area contributed by atoms with E-state index in [1.807, 2.05) is 0 Å². The van der Waals surface area contributed by atoms with E-state index in [1.165, 1.54) is 16.7 Å². The molecular formula is C13H21N. The lowest BCUT2D eigenvalue weighted by Gasteiger charge is -2.20. The van der Waals surface area contributed by atoms with Gasteiger partial charge in [-0.05, 0) is 30.9 Å². The Labute approximate surface area is 87.3 Å². The van der Waals surface area contributed by atoms with Crippen LogP contribution in [0.5, 0.6) is 0 Å². The van der Waals surface area contributed by atoms with Crippen LogP contribution in [0.25, 0.3) is 0 Å². The van der Waals surface area contributed by atoms with Crippen molar-refractivity contribution in [3.63, 3.8) is 0 Å². The Bertz CT molecular complexity index is 304. The first-order valence-electron chi connectivity index (χ1n) is 5.39. The summed E-state index contributed by atoms with van der Waals surface area (Å²) >= 11 is 0. The lowest BCUT2D eigenvalue weighted by atomic mass is 9.90. The van der Waals surface area contributed by atoms with Crippen molar-refractivity contribution in [3.05, 3.63) is 34.9 Å². The highest BCUT2D eigenvalue weighted by Crippen LogP contribution is 2.24. The lowest BCUT2D eigenvalue weighted by Crippen LogP contribution is -2.19. The van der Waals surface area contributed by atoms with E-state index >= 15 is 0 Å². The number of hydrogen-bond donors (Lipinski definition) is 1. The first-order chi connectivity index (χ1) is 6.56. The minimum Gasteiger partial charge on any atom is -0.324 e. The minimum absolute atomic E-state index is 0.181. The Morgan fingerprint density at radius 1 is 1.29 bits per heavy atom. The third kappa shape index (κ3) is 2.36. The fraction of sp³-hybridized carbons (Fsp3) is 0.538. The van der Waals surface area contributed by atoms with Gasteiger partial charge in [-0.15, -0.1) is 0 Å². The van der Waals surface area contributed by atoms with Crippen LogP contribution in [0.4, 0.5) is 0 Å². The van der Waals surface area contributed by atoms with E-state index in [1.54, 1.807) is 0 Å². The van der Waals surface area contributed by atoms with Crippen molar-refractivity contribution in [2.24, 2.45) is 11.7 Å². The van der Waals surface area contributed by atoms with Crippen molar-refractivity contribution in [2.45, 2.75) is 40.2 Å². The third-order valence-corrected chi connectivity index (χ3v) is 3.04. The van der Waals surface area contributed by atoms with Gasteiger partial charge in [0.25, 0.3) is 0 Å². The molecule has 0 spiro atoms. The van der Waals surface area contributed by atoms with Gasteiger partial charge in [0.15, 0.2) is 0 Å². The molecule has 14 heavy (non-hydrogen) atoms. The molecule has 2 unspecified atom stereocenters. The molecule has 0 bridgehead atoms. The van der Waals surface area contributed by atoms with Crippen molar-refractivity contribution in [2.75, 3.05) is 0 Å². The maximum atomic E-state index is 6.20. The predicted molar refractivity (Wildman–Crippen MR) is 62.3 cm³/mol. The first kappa shape index (κ1) is 11.3. The average molecular weight is 191 g/mol. The van der Waals surface area contributed by atoms with Crippen LogP contribution in [0.2, 0.25) is 0 Å². The van der Waals surface area contributed by atoms with Crippen molar-refractivity contribution >= 4 is 0 Å². The molecule has 78 valence electrons. The van der Waals surface area contributed by atoms with E-state index in [4.69, 9.17) is 5.73 Å². The SMILES string of the molecule is CCC(C)C(N)c1ccc(C)cc1C. The number of hydrogen-bond acceptors (Lipinski definition) is 1. The van der Waals surface area contributed by atoms with Gasteiger partial charge in [-0.25, -0.2) is 0 Å². The molecule has 1 aromatic carbocycles. The second-order valence-corrected chi connectivity index (χ2v) is 4.27. The summed E-state index contributed by atoms with van der Waals surface area (Å²) in [5, 5.41) is 0. The Hall–Kier alpha value is -0.820. The van der Waals surface area contributed by atoms with E-state index in [-0.39, 0.29) is 6.04 Å². The van der Waals surface area contributed by atoms with Gasteiger partial charge in [0.2, 0.25) is 0 Å². The molecule has 0 aromatic heterocycles. The molecule has 2 N–H and O–H groups in total. The van der Waals surface area contributed by atoms with Crippen molar-refractivity contribution in [3.8, 4) is 0 Å². The van der Waals surface area contributed by atoms with E-state index in [0.717, 1.165) is 6.42 Å². The monoisotopic (exact) mass is 191 g/mol. The predicted octanol–water partition coefficient (Wildman–Crippen LogP) is 3.35. The summed E-state index contributed by atoms with van der Waals surface area (Å²) in [6, 6.07) is 6.70. The zero-order valence-electron chi connectivity index (χ0n) is 9.67. The molecular weight excluding hydrogens is 170 g/mol. The third-order valence-electron chi connectivity index (χ3n) is 3.04. The molecule has 0 heterocycles. The van der Waals surface area contributed by atoms with E-state index in [0.29, 0.717) is 5.92 Å². The second kappa shape index (κ2) is 4.61. The van der Waals surface area contributed by atoms with Crippen LogP contribution in [0.1, 0.15) is 43.0 Å². The molecule has 0 amide bonds. The molecule has 1 nitrogen and oxygen atoms in total. The van der Waals surface area contributed by atoms with Gasteiger partial charge in [0, 0.05) is 6.04 Å².